The molecule has 0 aliphatic heterocycles. The quantitative estimate of drug-likeness (QED) is 0.765. The van der Waals surface area contributed by atoms with Crippen LogP contribution in [0.3, 0.4) is 0 Å². The summed E-state index contributed by atoms with van der Waals surface area (Å²) in [6.45, 7) is 0. The van der Waals surface area contributed by atoms with Gasteiger partial charge in [-0.2, -0.15) is 5.26 Å². The molecule has 0 bridgehead atoms. The molecule has 0 heterocycles. The fraction of sp³-hybridized carbons (Fsp3) is 0. The van der Waals surface area contributed by atoms with Crippen LogP contribution in [0.2, 0.25) is 0 Å². The van der Waals surface area contributed by atoms with Crippen molar-refractivity contribution in [2.24, 2.45) is 0 Å². The highest BCUT2D eigenvalue weighted by Crippen LogP contribution is 2.23. The normalized spacial score (nSPS) is 9.50. The molecule has 2 nitrogen and oxygen atoms in total. The predicted octanol–water partition coefficient (Wildman–Crippen LogP) is 3.29. The number of rotatable bonds is 2. The number of halogens is 1. The van der Waals surface area contributed by atoms with E-state index in [4.69, 9.17) is 10.00 Å². The molecule has 0 unspecified atom stereocenters. The van der Waals surface area contributed by atoms with Gasteiger partial charge < -0.3 is 4.74 Å². The summed E-state index contributed by atoms with van der Waals surface area (Å²) < 4.78 is 18.5. The Bertz CT molecular complexity index is 528. The van der Waals surface area contributed by atoms with E-state index >= 15 is 0 Å². The Morgan fingerprint density at radius 1 is 1.19 bits per heavy atom. The summed E-state index contributed by atoms with van der Waals surface area (Å²) in [4.78, 5) is 0. The zero-order valence-corrected chi connectivity index (χ0v) is 8.27. The molecular formula is C13H7FNO. The van der Waals surface area contributed by atoms with Crippen LogP contribution in [0.25, 0.3) is 0 Å². The first-order chi connectivity index (χ1) is 7.79. The van der Waals surface area contributed by atoms with Crippen molar-refractivity contribution in [3.63, 3.8) is 0 Å². The maximum atomic E-state index is 13.2. The molecule has 2 aromatic rings. The van der Waals surface area contributed by atoms with Crippen molar-refractivity contribution in [1.29, 1.82) is 5.26 Å². The molecular weight excluding hydrogens is 205 g/mol. The van der Waals surface area contributed by atoms with E-state index in [1.807, 2.05) is 6.07 Å². The van der Waals surface area contributed by atoms with Crippen LogP contribution in [0.1, 0.15) is 5.56 Å². The predicted molar refractivity (Wildman–Crippen MR) is 56.5 cm³/mol. The number of hydrogen-bond acceptors (Lipinski definition) is 2. The van der Waals surface area contributed by atoms with Gasteiger partial charge in [0, 0.05) is 6.07 Å². The van der Waals surface area contributed by atoms with Crippen LogP contribution in [-0.4, -0.2) is 0 Å². The van der Waals surface area contributed by atoms with Crippen molar-refractivity contribution in [1.82, 2.24) is 0 Å². The van der Waals surface area contributed by atoms with E-state index in [9.17, 15) is 4.39 Å². The first-order valence-corrected chi connectivity index (χ1v) is 4.64. The van der Waals surface area contributed by atoms with Gasteiger partial charge in [-0.25, -0.2) is 4.39 Å². The van der Waals surface area contributed by atoms with Gasteiger partial charge in [0.2, 0.25) is 0 Å². The second kappa shape index (κ2) is 4.45. The standard InChI is InChI=1S/C13H7FNO/c14-12-3-1-2-4-13(12)16-11-7-5-10(9-15)6-8-11/h1-2,4-8H. The summed E-state index contributed by atoms with van der Waals surface area (Å²) in [5.74, 6) is 0.0663. The lowest BCUT2D eigenvalue weighted by Gasteiger charge is -2.05. The van der Waals surface area contributed by atoms with Crippen molar-refractivity contribution in [3.05, 3.63) is 59.9 Å². The molecule has 0 atom stereocenters. The Hall–Kier alpha value is -2.34. The van der Waals surface area contributed by atoms with E-state index < -0.39 is 5.82 Å². The topological polar surface area (TPSA) is 33.0 Å². The van der Waals surface area contributed by atoms with Crippen LogP contribution in [0, 0.1) is 23.2 Å². The van der Waals surface area contributed by atoms with Gasteiger partial charge in [-0.15, -0.1) is 0 Å². The van der Waals surface area contributed by atoms with Gasteiger partial charge in [0.05, 0.1) is 11.6 Å². The van der Waals surface area contributed by atoms with Gasteiger partial charge >= 0.3 is 0 Å². The largest absolute Gasteiger partial charge is 0.454 e. The van der Waals surface area contributed by atoms with Crippen LogP contribution in [0.4, 0.5) is 4.39 Å². The van der Waals surface area contributed by atoms with Gasteiger partial charge in [0.25, 0.3) is 0 Å². The minimum absolute atomic E-state index is 0.118. The highest BCUT2D eigenvalue weighted by molar-refractivity contribution is 5.37. The van der Waals surface area contributed by atoms with Crippen molar-refractivity contribution in [3.8, 4) is 17.6 Å². The molecule has 0 fully saturated rings. The van der Waals surface area contributed by atoms with Crippen LogP contribution < -0.4 is 4.74 Å². The molecule has 0 N–H and O–H groups in total. The maximum absolute atomic E-state index is 13.2. The Morgan fingerprint density at radius 2 is 1.94 bits per heavy atom. The third-order valence-corrected chi connectivity index (χ3v) is 1.98. The highest BCUT2D eigenvalue weighted by Gasteiger charge is 2.03. The van der Waals surface area contributed by atoms with Gasteiger partial charge in [-0.1, -0.05) is 12.1 Å². The summed E-state index contributed by atoms with van der Waals surface area (Å²) in [5, 5.41) is 8.61. The molecule has 0 amide bonds. The van der Waals surface area contributed by atoms with Gasteiger partial charge in [-0.3, -0.25) is 0 Å². The summed E-state index contributed by atoms with van der Waals surface area (Å²) in [7, 11) is 0. The SMILES string of the molecule is N#Cc1ccc(Oc2ccc[c]c2F)cc1. The first kappa shape index (κ1) is 10.2. The monoisotopic (exact) mass is 212 g/mol. The molecule has 1 radical (unpaired) electrons. The lowest BCUT2D eigenvalue weighted by atomic mass is 10.2. The van der Waals surface area contributed by atoms with E-state index in [-0.39, 0.29) is 5.75 Å². The fourth-order valence-electron chi connectivity index (χ4n) is 1.20. The Labute approximate surface area is 92.5 Å². The van der Waals surface area contributed by atoms with E-state index in [2.05, 4.69) is 6.07 Å². The third kappa shape index (κ3) is 2.18. The second-order valence-corrected chi connectivity index (χ2v) is 3.09. The average molecular weight is 212 g/mol. The fourth-order valence-corrected chi connectivity index (χ4v) is 1.20. The number of hydrogen-bond donors (Lipinski definition) is 0. The summed E-state index contributed by atoms with van der Waals surface area (Å²) in [6.07, 6.45) is 0. The van der Waals surface area contributed by atoms with E-state index in [0.29, 0.717) is 11.3 Å². The molecule has 2 aromatic carbocycles. The van der Waals surface area contributed by atoms with Crippen molar-refractivity contribution >= 4 is 0 Å². The van der Waals surface area contributed by atoms with E-state index in [1.165, 1.54) is 12.1 Å². The summed E-state index contributed by atoms with van der Waals surface area (Å²) >= 11 is 0. The molecule has 0 spiro atoms. The molecule has 77 valence electrons. The van der Waals surface area contributed by atoms with Crippen molar-refractivity contribution in [2.75, 3.05) is 0 Å². The number of benzene rings is 2. The number of nitrogens with zero attached hydrogens (tertiary/aromatic N) is 1. The van der Waals surface area contributed by atoms with Crippen LogP contribution in [0.5, 0.6) is 11.5 Å². The van der Waals surface area contributed by atoms with Crippen molar-refractivity contribution < 1.29 is 9.13 Å². The lowest BCUT2D eigenvalue weighted by molar-refractivity contribution is 0.441. The summed E-state index contributed by atoms with van der Waals surface area (Å²) in [5.41, 5.74) is 0.535. The molecule has 0 aliphatic carbocycles. The van der Waals surface area contributed by atoms with Crippen molar-refractivity contribution in [2.45, 2.75) is 0 Å². The molecule has 0 aromatic heterocycles. The van der Waals surface area contributed by atoms with Crippen LogP contribution in [0.15, 0.2) is 42.5 Å². The third-order valence-electron chi connectivity index (χ3n) is 1.98. The van der Waals surface area contributed by atoms with Crippen LogP contribution >= 0.6 is 0 Å². The zero-order chi connectivity index (χ0) is 11.4. The van der Waals surface area contributed by atoms with Gasteiger partial charge in [0.1, 0.15) is 5.75 Å². The smallest absolute Gasteiger partial charge is 0.173 e. The molecule has 0 saturated heterocycles. The van der Waals surface area contributed by atoms with E-state index in [0.717, 1.165) is 0 Å². The Kier molecular flexibility index (Phi) is 2.84. The van der Waals surface area contributed by atoms with E-state index in [1.54, 1.807) is 30.3 Å². The highest BCUT2D eigenvalue weighted by atomic mass is 19.1. The molecule has 0 saturated carbocycles. The molecule has 3 heteroatoms. The molecule has 0 aliphatic rings. The van der Waals surface area contributed by atoms with Gasteiger partial charge in [0.15, 0.2) is 11.6 Å². The minimum atomic E-state index is -0.535. The number of nitriles is 1. The molecule has 16 heavy (non-hydrogen) atoms. The second-order valence-electron chi connectivity index (χ2n) is 3.09. The maximum Gasteiger partial charge on any atom is 0.173 e. The summed E-state index contributed by atoms with van der Waals surface area (Å²) in [6, 6.07) is 15.5. The van der Waals surface area contributed by atoms with Crippen LogP contribution in [-0.2, 0) is 0 Å². The van der Waals surface area contributed by atoms with Gasteiger partial charge in [-0.05, 0) is 30.3 Å². The number of ether oxygens (including phenoxy) is 1. The minimum Gasteiger partial charge on any atom is -0.454 e. The zero-order valence-electron chi connectivity index (χ0n) is 8.27. The Morgan fingerprint density at radius 3 is 2.56 bits per heavy atom. The first-order valence-electron chi connectivity index (χ1n) is 4.64. The Balaban J connectivity index is 2.22. The molecule has 2 rings (SSSR count). The lowest BCUT2D eigenvalue weighted by Crippen LogP contribution is -1.87. The average Bonchev–Trinajstić information content (AvgIpc) is 2.33.